The second-order valence-electron chi connectivity index (χ2n) is 2.19. The Kier molecular flexibility index (Phi) is 5.45. The lowest BCUT2D eigenvalue weighted by atomic mass is 10.5. The summed E-state index contributed by atoms with van der Waals surface area (Å²) in [5, 5.41) is 2.42. The number of phosphoric ester groups is 1. The first kappa shape index (κ1) is 13.2. The monoisotopic (exact) mass is 223 g/mol. The zero-order valence-electron chi connectivity index (χ0n) is 8.40. The molecule has 0 radical (unpaired) electrons. The molecule has 0 fully saturated rings. The van der Waals surface area contributed by atoms with Gasteiger partial charge in [-0.25, -0.2) is 4.57 Å². The summed E-state index contributed by atoms with van der Waals surface area (Å²) >= 11 is 0. The van der Waals surface area contributed by atoms with Gasteiger partial charge in [0.1, 0.15) is 0 Å². The van der Waals surface area contributed by atoms with Crippen molar-refractivity contribution in [2.45, 2.75) is 6.92 Å². The first-order valence-electron chi connectivity index (χ1n) is 3.87. The number of carbonyl (C=O) groups is 1. The highest BCUT2D eigenvalue weighted by Crippen LogP contribution is 2.49. The van der Waals surface area contributed by atoms with Crippen molar-refractivity contribution in [1.29, 1.82) is 0 Å². The average molecular weight is 223 g/mol. The van der Waals surface area contributed by atoms with E-state index >= 15 is 0 Å². The summed E-state index contributed by atoms with van der Waals surface area (Å²) in [7, 11) is -1.38. The number of nitrogens with one attached hydrogen (secondary N) is 1. The number of likely N-dealkylation sites (N-methyl/N-ethyl adjacent to an activating group) is 1. The van der Waals surface area contributed by atoms with Crippen LogP contribution in [0.25, 0.3) is 0 Å². The van der Waals surface area contributed by atoms with Crippen molar-refractivity contribution in [3.63, 3.8) is 0 Å². The van der Waals surface area contributed by atoms with Gasteiger partial charge in [0, 0.05) is 20.8 Å². The Morgan fingerprint density at radius 2 is 1.93 bits per heavy atom. The molecule has 0 aromatic carbocycles. The van der Waals surface area contributed by atoms with E-state index in [9.17, 15) is 9.36 Å². The van der Waals surface area contributed by atoms with Gasteiger partial charge in [-0.05, 0) is 6.92 Å². The van der Waals surface area contributed by atoms with Crippen LogP contribution in [0.3, 0.4) is 0 Å². The summed E-state index contributed by atoms with van der Waals surface area (Å²) in [5.41, 5.74) is 0. The first-order valence-corrected chi connectivity index (χ1v) is 5.33. The third-order valence-electron chi connectivity index (χ3n) is 1.26. The molecule has 0 aliphatic rings. The molecule has 7 heteroatoms. The van der Waals surface area contributed by atoms with Gasteiger partial charge in [-0.15, -0.1) is 0 Å². The Bertz CT molecular complexity index is 257. The number of carbonyl (C=O) groups excluding carboxylic acids is 1. The molecule has 0 unspecified atom stereocenters. The van der Waals surface area contributed by atoms with Crippen molar-refractivity contribution in [3.8, 4) is 0 Å². The van der Waals surface area contributed by atoms with Gasteiger partial charge >= 0.3 is 7.82 Å². The molecule has 0 aliphatic carbocycles. The summed E-state index contributed by atoms with van der Waals surface area (Å²) in [6, 6.07) is 0. The van der Waals surface area contributed by atoms with Crippen molar-refractivity contribution in [2.75, 3.05) is 20.8 Å². The molecule has 0 aromatic rings. The lowest BCUT2D eigenvalue weighted by Gasteiger charge is -2.14. The third-order valence-corrected chi connectivity index (χ3v) is 2.60. The fourth-order valence-electron chi connectivity index (χ4n) is 0.585. The molecule has 0 saturated heterocycles. The fourth-order valence-corrected chi connectivity index (χ4v) is 1.24. The van der Waals surface area contributed by atoms with Crippen LogP contribution in [0.4, 0.5) is 0 Å². The Balaban J connectivity index is 4.31. The minimum absolute atomic E-state index is 0.307. The predicted molar refractivity (Wildman–Crippen MR) is 50.5 cm³/mol. The number of amides is 1. The van der Waals surface area contributed by atoms with Crippen LogP contribution in [0, 0.1) is 0 Å². The molecule has 0 aromatic heterocycles. The molecule has 0 bridgehead atoms. The van der Waals surface area contributed by atoms with Crippen LogP contribution in [0.5, 0.6) is 0 Å². The molecule has 0 atom stereocenters. The van der Waals surface area contributed by atoms with Crippen molar-refractivity contribution >= 4 is 13.7 Å². The molecule has 0 heterocycles. The van der Waals surface area contributed by atoms with Gasteiger partial charge in [0.25, 0.3) is 5.91 Å². The third kappa shape index (κ3) is 3.91. The van der Waals surface area contributed by atoms with Crippen molar-refractivity contribution in [1.82, 2.24) is 5.32 Å². The standard InChI is InChI=1S/C7H14NO5P/c1-5-8-7(9)6(2)13-14(10,11-3)12-4/h2,5H2,1,3-4H3,(H,8,9). The lowest BCUT2D eigenvalue weighted by molar-refractivity contribution is -0.119. The lowest BCUT2D eigenvalue weighted by Crippen LogP contribution is -2.24. The van der Waals surface area contributed by atoms with Gasteiger partial charge in [-0.3, -0.25) is 13.8 Å². The number of hydrogen-bond donors (Lipinski definition) is 1. The molecule has 1 amide bonds. The van der Waals surface area contributed by atoms with E-state index in [-0.39, 0.29) is 5.76 Å². The van der Waals surface area contributed by atoms with Gasteiger partial charge < -0.3 is 9.84 Å². The maximum absolute atomic E-state index is 11.4. The number of rotatable bonds is 6. The quantitative estimate of drug-likeness (QED) is 0.414. The van der Waals surface area contributed by atoms with E-state index in [0.29, 0.717) is 6.54 Å². The van der Waals surface area contributed by atoms with Crippen LogP contribution in [-0.2, 0) is 22.9 Å². The van der Waals surface area contributed by atoms with E-state index in [2.05, 4.69) is 25.5 Å². The van der Waals surface area contributed by atoms with Crippen molar-refractivity contribution < 1.29 is 22.9 Å². The minimum atomic E-state index is -3.68. The highest BCUT2D eigenvalue weighted by atomic mass is 31.2. The SMILES string of the molecule is C=C(OP(=O)(OC)OC)C(=O)NCC. The van der Waals surface area contributed by atoms with Gasteiger partial charge in [0.05, 0.1) is 0 Å². The summed E-state index contributed by atoms with van der Waals surface area (Å²) in [5.74, 6) is -0.860. The Morgan fingerprint density at radius 1 is 1.43 bits per heavy atom. The number of phosphoric acid groups is 1. The van der Waals surface area contributed by atoms with E-state index in [1.807, 2.05) is 0 Å². The zero-order chi connectivity index (χ0) is 11.2. The van der Waals surface area contributed by atoms with Crippen molar-refractivity contribution in [3.05, 3.63) is 12.3 Å². The highest BCUT2D eigenvalue weighted by Gasteiger charge is 2.27. The Hall–Kier alpha value is -0.840. The molecule has 14 heavy (non-hydrogen) atoms. The van der Waals surface area contributed by atoms with E-state index in [1.165, 1.54) is 0 Å². The summed E-state index contributed by atoms with van der Waals surface area (Å²) in [6.07, 6.45) is 0. The summed E-state index contributed by atoms with van der Waals surface area (Å²) < 4.78 is 24.9. The molecule has 0 rings (SSSR count). The molecule has 0 aliphatic heterocycles. The van der Waals surface area contributed by atoms with Gasteiger partial charge in [0.2, 0.25) is 0 Å². The number of hydrogen-bond acceptors (Lipinski definition) is 5. The second-order valence-corrected chi connectivity index (χ2v) is 3.99. The molecular formula is C7H14NO5P. The van der Waals surface area contributed by atoms with E-state index < -0.39 is 13.7 Å². The predicted octanol–water partition coefficient (Wildman–Crippen LogP) is 1.05. The van der Waals surface area contributed by atoms with Crippen LogP contribution in [0.2, 0.25) is 0 Å². The minimum Gasteiger partial charge on any atom is -0.399 e. The molecule has 0 spiro atoms. The van der Waals surface area contributed by atoms with E-state index in [0.717, 1.165) is 14.2 Å². The van der Waals surface area contributed by atoms with Gasteiger partial charge in [-0.1, -0.05) is 6.58 Å². The first-order chi connectivity index (χ1) is 6.49. The fraction of sp³-hybridized carbons (Fsp3) is 0.571. The van der Waals surface area contributed by atoms with Crippen LogP contribution in [0.1, 0.15) is 6.92 Å². The van der Waals surface area contributed by atoms with Gasteiger partial charge in [0.15, 0.2) is 5.76 Å². The second kappa shape index (κ2) is 5.80. The molecule has 0 saturated carbocycles. The van der Waals surface area contributed by atoms with E-state index in [1.54, 1.807) is 6.92 Å². The van der Waals surface area contributed by atoms with Crippen molar-refractivity contribution in [2.24, 2.45) is 0 Å². The smallest absolute Gasteiger partial charge is 0.399 e. The van der Waals surface area contributed by atoms with Crippen LogP contribution >= 0.6 is 7.82 Å². The van der Waals surface area contributed by atoms with E-state index in [4.69, 9.17) is 0 Å². The maximum Gasteiger partial charge on any atom is 0.529 e. The average Bonchev–Trinajstić information content (AvgIpc) is 2.18. The Labute approximate surface area is 82.8 Å². The normalized spacial score (nSPS) is 10.8. The summed E-state index contributed by atoms with van der Waals surface area (Å²) in [6.45, 7) is 5.44. The van der Waals surface area contributed by atoms with Gasteiger partial charge in [-0.2, -0.15) is 0 Å². The zero-order valence-corrected chi connectivity index (χ0v) is 9.30. The van der Waals surface area contributed by atoms with Crippen LogP contribution in [-0.4, -0.2) is 26.7 Å². The largest absolute Gasteiger partial charge is 0.529 e. The molecular weight excluding hydrogens is 209 g/mol. The topological polar surface area (TPSA) is 73.9 Å². The molecule has 6 nitrogen and oxygen atoms in total. The Morgan fingerprint density at radius 3 is 2.29 bits per heavy atom. The summed E-state index contributed by atoms with van der Waals surface area (Å²) in [4.78, 5) is 11.1. The van der Waals surface area contributed by atoms with Crippen LogP contribution in [0.15, 0.2) is 12.3 Å². The highest BCUT2D eigenvalue weighted by molar-refractivity contribution is 7.48. The molecule has 82 valence electrons. The molecule has 1 N–H and O–H groups in total. The van der Waals surface area contributed by atoms with Crippen LogP contribution < -0.4 is 5.32 Å². The maximum atomic E-state index is 11.4.